The maximum atomic E-state index is 11.6. The Kier molecular flexibility index (Phi) is 4.18. The lowest BCUT2D eigenvalue weighted by molar-refractivity contribution is -0.126. The highest BCUT2D eigenvalue weighted by Crippen LogP contribution is 2.28. The summed E-state index contributed by atoms with van der Waals surface area (Å²) in [6, 6.07) is 0.280. The van der Waals surface area contributed by atoms with Crippen molar-refractivity contribution in [3.05, 3.63) is 0 Å². The molecule has 0 aliphatic heterocycles. The first-order valence-corrected chi connectivity index (χ1v) is 6.36. The number of hydrogen-bond acceptors (Lipinski definition) is 3. The summed E-state index contributed by atoms with van der Waals surface area (Å²) < 4.78 is 5.36. The molecule has 1 amide bonds. The molecule has 16 heavy (non-hydrogen) atoms. The summed E-state index contributed by atoms with van der Waals surface area (Å²) in [4.78, 5) is 11.6. The van der Waals surface area contributed by atoms with Gasteiger partial charge in [0.2, 0.25) is 5.91 Å². The maximum Gasteiger partial charge on any atom is 0.246 e. The number of rotatable bonds is 6. The van der Waals surface area contributed by atoms with Crippen molar-refractivity contribution in [2.24, 2.45) is 17.6 Å². The van der Waals surface area contributed by atoms with Crippen molar-refractivity contribution < 1.29 is 9.53 Å². The number of nitrogens with two attached hydrogens (primary N) is 1. The Morgan fingerprint density at radius 2 is 2.12 bits per heavy atom. The number of carbonyl (C=O) groups is 1. The third-order valence-corrected chi connectivity index (χ3v) is 3.59. The summed E-state index contributed by atoms with van der Waals surface area (Å²) >= 11 is 0. The third kappa shape index (κ3) is 3.46. The van der Waals surface area contributed by atoms with E-state index < -0.39 is 0 Å². The molecule has 2 aliphatic rings. The third-order valence-electron chi connectivity index (χ3n) is 3.59. The molecule has 3 N–H and O–H groups in total. The largest absolute Gasteiger partial charge is 0.371 e. The van der Waals surface area contributed by atoms with Gasteiger partial charge in [-0.25, -0.2) is 0 Å². The van der Waals surface area contributed by atoms with Gasteiger partial charge in [0.15, 0.2) is 0 Å². The van der Waals surface area contributed by atoms with Gasteiger partial charge in [-0.15, -0.1) is 0 Å². The average Bonchev–Trinajstić information content (AvgIpc) is 2.98. The lowest BCUT2D eigenvalue weighted by Crippen LogP contribution is -2.41. The van der Waals surface area contributed by atoms with E-state index in [9.17, 15) is 4.79 Å². The van der Waals surface area contributed by atoms with Crippen LogP contribution in [0.3, 0.4) is 0 Å². The van der Waals surface area contributed by atoms with Gasteiger partial charge >= 0.3 is 0 Å². The molecule has 2 unspecified atom stereocenters. The fourth-order valence-electron chi connectivity index (χ4n) is 2.36. The van der Waals surface area contributed by atoms with Crippen molar-refractivity contribution in [3.63, 3.8) is 0 Å². The summed E-state index contributed by atoms with van der Waals surface area (Å²) in [5.41, 5.74) is 5.67. The highest BCUT2D eigenvalue weighted by atomic mass is 16.5. The van der Waals surface area contributed by atoms with Gasteiger partial charge in [0.1, 0.15) is 6.61 Å². The van der Waals surface area contributed by atoms with Crippen LogP contribution in [0.5, 0.6) is 0 Å². The number of nitrogens with one attached hydrogen (secondary N) is 1. The maximum absolute atomic E-state index is 11.6. The number of hydrogen-bond donors (Lipinski definition) is 2. The second kappa shape index (κ2) is 5.64. The SMILES string of the molecule is NCC1CCCC1NC(=O)COCC1CC1. The van der Waals surface area contributed by atoms with Crippen LogP contribution in [0.25, 0.3) is 0 Å². The Morgan fingerprint density at radius 1 is 1.31 bits per heavy atom. The molecule has 2 rings (SSSR count). The van der Waals surface area contributed by atoms with Crippen molar-refractivity contribution >= 4 is 5.91 Å². The van der Waals surface area contributed by atoms with Crippen LogP contribution in [0.2, 0.25) is 0 Å². The fourth-order valence-corrected chi connectivity index (χ4v) is 2.36. The van der Waals surface area contributed by atoms with E-state index in [0.29, 0.717) is 12.5 Å². The second-order valence-corrected chi connectivity index (χ2v) is 5.06. The van der Waals surface area contributed by atoms with E-state index in [0.717, 1.165) is 25.4 Å². The molecule has 2 aliphatic carbocycles. The van der Waals surface area contributed by atoms with Crippen LogP contribution in [-0.2, 0) is 9.53 Å². The minimum atomic E-state index is 0.0194. The van der Waals surface area contributed by atoms with Crippen LogP contribution in [0.4, 0.5) is 0 Å². The van der Waals surface area contributed by atoms with Gasteiger partial charge in [0.25, 0.3) is 0 Å². The van der Waals surface area contributed by atoms with Crippen LogP contribution >= 0.6 is 0 Å². The van der Waals surface area contributed by atoms with E-state index >= 15 is 0 Å². The first-order valence-electron chi connectivity index (χ1n) is 6.36. The van der Waals surface area contributed by atoms with Gasteiger partial charge in [-0.3, -0.25) is 4.79 Å². The van der Waals surface area contributed by atoms with Gasteiger partial charge < -0.3 is 15.8 Å². The smallest absolute Gasteiger partial charge is 0.246 e. The van der Waals surface area contributed by atoms with E-state index in [1.165, 1.54) is 19.3 Å². The average molecular weight is 226 g/mol. The Morgan fingerprint density at radius 3 is 2.81 bits per heavy atom. The number of ether oxygens (including phenoxy) is 1. The van der Waals surface area contributed by atoms with Gasteiger partial charge in [0.05, 0.1) is 6.61 Å². The molecule has 0 spiro atoms. The Bertz CT molecular complexity index is 241. The molecule has 2 atom stereocenters. The lowest BCUT2D eigenvalue weighted by atomic mass is 10.0. The van der Waals surface area contributed by atoms with Gasteiger partial charge in [-0.2, -0.15) is 0 Å². The molecule has 0 radical (unpaired) electrons. The summed E-state index contributed by atoms with van der Waals surface area (Å²) in [7, 11) is 0. The molecular weight excluding hydrogens is 204 g/mol. The van der Waals surface area contributed by atoms with Gasteiger partial charge in [0, 0.05) is 6.04 Å². The predicted octanol–water partition coefficient (Wildman–Crippen LogP) is 0.657. The first kappa shape index (κ1) is 11.9. The highest BCUT2D eigenvalue weighted by Gasteiger charge is 2.27. The van der Waals surface area contributed by atoms with Crippen LogP contribution < -0.4 is 11.1 Å². The van der Waals surface area contributed by atoms with Gasteiger partial charge in [-0.1, -0.05) is 6.42 Å². The van der Waals surface area contributed by atoms with E-state index in [1.54, 1.807) is 0 Å². The van der Waals surface area contributed by atoms with Crippen LogP contribution in [0.1, 0.15) is 32.1 Å². The molecule has 4 heteroatoms. The normalized spacial score (nSPS) is 29.3. The van der Waals surface area contributed by atoms with Gasteiger partial charge in [-0.05, 0) is 44.1 Å². The van der Waals surface area contributed by atoms with E-state index in [2.05, 4.69) is 5.32 Å². The van der Waals surface area contributed by atoms with Crippen LogP contribution in [-0.4, -0.2) is 31.7 Å². The second-order valence-electron chi connectivity index (χ2n) is 5.06. The van der Waals surface area contributed by atoms with Crippen molar-refractivity contribution in [1.29, 1.82) is 0 Å². The highest BCUT2D eigenvalue weighted by molar-refractivity contribution is 5.77. The van der Waals surface area contributed by atoms with Crippen molar-refractivity contribution in [3.8, 4) is 0 Å². The summed E-state index contributed by atoms with van der Waals surface area (Å²) in [6.07, 6.45) is 5.91. The number of amides is 1. The van der Waals surface area contributed by atoms with Crippen molar-refractivity contribution in [1.82, 2.24) is 5.32 Å². The fraction of sp³-hybridized carbons (Fsp3) is 0.917. The quantitative estimate of drug-likeness (QED) is 0.699. The molecule has 0 aromatic heterocycles. The predicted molar refractivity (Wildman–Crippen MR) is 61.9 cm³/mol. The molecular formula is C12H22N2O2. The zero-order valence-electron chi connectivity index (χ0n) is 9.78. The van der Waals surface area contributed by atoms with Crippen molar-refractivity contribution in [2.45, 2.75) is 38.1 Å². The molecule has 0 saturated heterocycles. The molecule has 0 heterocycles. The number of carbonyl (C=O) groups excluding carboxylic acids is 1. The Balaban J connectivity index is 1.61. The monoisotopic (exact) mass is 226 g/mol. The van der Waals surface area contributed by atoms with E-state index in [1.807, 2.05) is 0 Å². The molecule has 2 fully saturated rings. The van der Waals surface area contributed by atoms with E-state index in [4.69, 9.17) is 10.5 Å². The molecule has 0 aromatic carbocycles. The summed E-state index contributed by atoms with van der Waals surface area (Å²) in [5, 5.41) is 3.03. The minimum Gasteiger partial charge on any atom is -0.371 e. The summed E-state index contributed by atoms with van der Waals surface area (Å²) in [5.74, 6) is 1.20. The van der Waals surface area contributed by atoms with Crippen LogP contribution in [0, 0.1) is 11.8 Å². The Hall–Kier alpha value is -0.610. The Labute approximate surface area is 96.9 Å². The van der Waals surface area contributed by atoms with Crippen molar-refractivity contribution in [2.75, 3.05) is 19.8 Å². The minimum absolute atomic E-state index is 0.0194. The first-order chi connectivity index (χ1) is 7.79. The molecule has 2 saturated carbocycles. The standard InChI is InChI=1S/C12H22N2O2/c13-6-10-2-1-3-11(10)14-12(15)8-16-7-9-4-5-9/h9-11H,1-8,13H2,(H,14,15). The zero-order valence-corrected chi connectivity index (χ0v) is 9.78. The topological polar surface area (TPSA) is 64.3 Å². The summed E-state index contributed by atoms with van der Waals surface area (Å²) in [6.45, 7) is 1.64. The molecule has 4 nitrogen and oxygen atoms in total. The molecule has 92 valence electrons. The molecule has 0 bridgehead atoms. The van der Waals surface area contributed by atoms with Crippen LogP contribution in [0.15, 0.2) is 0 Å². The zero-order chi connectivity index (χ0) is 11.4. The lowest BCUT2D eigenvalue weighted by Gasteiger charge is -2.19. The van der Waals surface area contributed by atoms with E-state index in [-0.39, 0.29) is 18.6 Å². The molecule has 0 aromatic rings.